The smallest absolute Gasteiger partial charge is 0.231 e. The van der Waals surface area contributed by atoms with Crippen molar-refractivity contribution in [3.63, 3.8) is 0 Å². The van der Waals surface area contributed by atoms with Gasteiger partial charge in [-0.3, -0.25) is 5.41 Å². The van der Waals surface area contributed by atoms with Gasteiger partial charge in [-0.1, -0.05) is 12.1 Å². The van der Waals surface area contributed by atoms with Crippen LogP contribution in [0.5, 0.6) is 11.5 Å². The first-order valence-corrected chi connectivity index (χ1v) is 8.82. The molecule has 5 rings (SSSR count). The molecule has 0 saturated heterocycles. The van der Waals surface area contributed by atoms with Crippen LogP contribution in [0.4, 0.5) is 0 Å². The Kier molecular flexibility index (Phi) is 3.43. The number of benzene rings is 1. The standard InChI is InChI=1S/C20H19N5O2/c1-20(25-7-6-22-11-25)5-4-16-15(9-20)19(21)24(12-23-16)10-14-2-3-17-18(8-14)27-13-26-17/h2-4,6-9,11-12,21H,5,10,13H2,1H3. The molecular weight excluding hydrogens is 342 g/mol. The molecule has 1 atom stereocenters. The summed E-state index contributed by atoms with van der Waals surface area (Å²) in [7, 11) is 0. The molecule has 1 aliphatic heterocycles. The van der Waals surface area contributed by atoms with Gasteiger partial charge in [0.2, 0.25) is 6.79 Å². The second kappa shape index (κ2) is 5.84. The van der Waals surface area contributed by atoms with E-state index in [1.807, 2.05) is 35.3 Å². The quantitative estimate of drug-likeness (QED) is 0.746. The predicted molar refractivity (Wildman–Crippen MR) is 98.4 cm³/mol. The molecule has 1 N–H and O–H groups in total. The van der Waals surface area contributed by atoms with Crippen LogP contribution >= 0.6 is 0 Å². The molecule has 0 amide bonds. The number of hydrogen-bond acceptors (Lipinski definition) is 5. The lowest BCUT2D eigenvalue weighted by Gasteiger charge is -2.28. The van der Waals surface area contributed by atoms with Crippen molar-refractivity contribution < 1.29 is 9.47 Å². The van der Waals surface area contributed by atoms with E-state index in [2.05, 4.69) is 33.6 Å². The highest BCUT2D eigenvalue weighted by molar-refractivity contribution is 5.45. The third-order valence-corrected chi connectivity index (χ3v) is 5.20. The first-order chi connectivity index (χ1) is 13.1. The van der Waals surface area contributed by atoms with Gasteiger partial charge in [-0.05, 0) is 37.1 Å². The lowest BCUT2D eigenvalue weighted by molar-refractivity contribution is 0.174. The van der Waals surface area contributed by atoms with Crippen LogP contribution in [-0.2, 0) is 12.1 Å². The van der Waals surface area contributed by atoms with Gasteiger partial charge in [0.1, 0.15) is 5.49 Å². The van der Waals surface area contributed by atoms with Gasteiger partial charge in [0.15, 0.2) is 11.5 Å². The number of aromatic nitrogens is 4. The van der Waals surface area contributed by atoms with Crippen LogP contribution in [0.25, 0.3) is 12.2 Å². The number of ether oxygens (including phenoxy) is 2. The third kappa shape index (κ3) is 2.63. The Morgan fingerprint density at radius 3 is 2.96 bits per heavy atom. The van der Waals surface area contributed by atoms with Crippen LogP contribution in [0, 0.1) is 5.41 Å². The molecule has 1 aromatic carbocycles. The number of imidazole rings is 1. The average molecular weight is 361 g/mol. The highest BCUT2D eigenvalue weighted by atomic mass is 16.7. The lowest BCUT2D eigenvalue weighted by atomic mass is 9.92. The molecule has 7 nitrogen and oxygen atoms in total. The molecule has 0 radical (unpaired) electrons. The highest BCUT2D eigenvalue weighted by Crippen LogP contribution is 2.32. The molecule has 0 fully saturated rings. The molecule has 3 heterocycles. The zero-order valence-electron chi connectivity index (χ0n) is 14.9. The van der Waals surface area contributed by atoms with Crippen molar-refractivity contribution in [3.8, 4) is 11.5 Å². The van der Waals surface area contributed by atoms with Crippen molar-refractivity contribution >= 4 is 12.2 Å². The topological polar surface area (TPSA) is 78.0 Å². The maximum Gasteiger partial charge on any atom is 0.231 e. The molecule has 2 aliphatic rings. The summed E-state index contributed by atoms with van der Waals surface area (Å²) < 4.78 is 14.7. The summed E-state index contributed by atoms with van der Waals surface area (Å²) in [4.78, 5) is 8.73. The Hall–Kier alpha value is -3.35. The van der Waals surface area contributed by atoms with Crippen LogP contribution in [0.1, 0.15) is 18.9 Å². The average Bonchev–Trinajstić information content (AvgIpc) is 3.36. The largest absolute Gasteiger partial charge is 0.454 e. The Balaban J connectivity index is 1.57. The van der Waals surface area contributed by atoms with E-state index in [9.17, 15) is 0 Å². The summed E-state index contributed by atoms with van der Waals surface area (Å²) in [6.45, 7) is 2.95. The predicted octanol–water partition coefficient (Wildman–Crippen LogP) is 0.716. The van der Waals surface area contributed by atoms with E-state index in [1.165, 1.54) is 0 Å². The Morgan fingerprint density at radius 1 is 1.22 bits per heavy atom. The van der Waals surface area contributed by atoms with E-state index in [1.54, 1.807) is 12.5 Å². The maximum absolute atomic E-state index is 8.72. The SMILES string of the molecule is CC1(n2ccnc2)C=c2c(ncn(Cc3ccc4c(c3)OCO4)c2=N)=CC1. The summed E-state index contributed by atoms with van der Waals surface area (Å²) in [6.07, 6.45) is 12.3. The summed E-state index contributed by atoms with van der Waals surface area (Å²) in [5.74, 6) is 1.51. The molecule has 1 unspecified atom stereocenters. The Morgan fingerprint density at radius 2 is 2.11 bits per heavy atom. The van der Waals surface area contributed by atoms with Crippen molar-refractivity contribution in [3.05, 3.63) is 64.9 Å². The summed E-state index contributed by atoms with van der Waals surface area (Å²) in [6, 6.07) is 5.86. The summed E-state index contributed by atoms with van der Waals surface area (Å²) >= 11 is 0. The molecule has 0 bridgehead atoms. The summed E-state index contributed by atoms with van der Waals surface area (Å²) in [5, 5.41) is 10.4. The molecular formula is C20H19N5O2. The van der Waals surface area contributed by atoms with Gasteiger partial charge in [0, 0.05) is 17.6 Å². The minimum Gasteiger partial charge on any atom is -0.454 e. The Labute approximate surface area is 155 Å². The van der Waals surface area contributed by atoms with E-state index in [0.29, 0.717) is 12.0 Å². The van der Waals surface area contributed by atoms with E-state index in [0.717, 1.165) is 34.1 Å². The van der Waals surface area contributed by atoms with Gasteiger partial charge in [0.05, 0.1) is 30.1 Å². The zero-order chi connectivity index (χ0) is 18.4. The lowest BCUT2D eigenvalue weighted by Crippen LogP contribution is -2.51. The van der Waals surface area contributed by atoms with Crippen molar-refractivity contribution in [1.29, 1.82) is 5.41 Å². The van der Waals surface area contributed by atoms with Crippen molar-refractivity contribution in [2.75, 3.05) is 6.79 Å². The van der Waals surface area contributed by atoms with Crippen LogP contribution in [0.2, 0.25) is 0 Å². The number of rotatable bonds is 3. The van der Waals surface area contributed by atoms with Gasteiger partial charge >= 0.3 is 0 Å². The van der Waals surface area contributed by atoms with Crippen LogP contribution in [0.3, 0.4) is 0 Å². The van der Waals surface area contributed by atoms with Gasteiger partial charge in [0.25, 0.3) is 0 Å². The minimum atomic E-state index is -0.251. The maximum atomic E-state index is 8.72. The molecule has 136 valence electrons. The third-order valence-electron chi connectivity index (χ3n) is 5.20. The van der Waals surface area contributed by atoms with Gasteiger partial charge < -0.3 is 18.6 Å². The van der Waals surface area contributed by atoms with Crippen molar-refractivity contribution in [2.24, 2.45) is 0 Å². The number of fused-ring (bicyclic) bond motifs is 2. The van der Waals surface area contributed by atoms with E-state index < -0.39 is 0 Å². The molecule has 3 aromatic rings. The fraction of sp³-hybridized carbons (Fsp3) is 0.250. The zero-order valence-corrected chi connectivity index (χ0v) is 14.9. The number of hydrogen-bond donors (Lipinski definition) is 1. The highest BCUT2D eigenvalue weighted by Gasteiger charge is 2.24. The molecule has 0 spiro atoms. The molecule has 0 saturated carbocycles. The Bertz CT molecular complexity index is 1200. The first-order valence-electron chi connectivity index (χ1n) is 8.82. The second-order valence-electron chi connectivity index (χ2n) is 7.09. The fourth-order valence-corrected chi connectivity index (χ4v) is 3.61. The van der Waals surface area contributed by atoms with Gasteiger partial charge in [-0.15, -0.1) is 0 Å². The second-order valence-corrected chi connectivity index (χ2v) is 7.09. The molecule has 7 heteroatoms. The van der Waals surface area contributed by atoms with Gasteiger partial charge in [-0.2, -0.15) is 0 Å². The number of nitrogens with one attached hydrogen (secondary N) is 1. The normalized spacial score (nSPS) is 19.9. The number of nitrogens with zero attached hydrogens (tertiary/aromatic N) is 4. The molecule has 1 aliphatic carbocycles. The first kappa shape index (κ1) is 15.9. The van der Waals surface area contributed by atoms with Crippen LogP contribution < -0.4 is 25.5 Å². The van der Waals surface area contributed by atoms with Crippen molar-refractivity contribution in [2.45, 2.75) is 25.4 Å². The minimum absolute atomic E-state index is 0.251. The van der Waals surface area contributed by atoms with E-state index in [-0.39, 0.29) is 12.3 Å². The van der Waals surface area contributed by atoms with E-state index in [4.69, 9.17) is 14.9 Å². The molecule has 27 heavy (non-hydrogen) atoms. The fourth-order valence-electron chi connectivity index (χ4n) is 3.61. The molecule has 2 aromatic heterocycles. The van der Waals surface area contributed by atoms with E-state index >= 15 is 0 Å². The monoisotopic (exact) mass is 361 g/mol. The van der Waals surface area contributed by atoms with Crippen molar-refractivity contribution in [1.82, 2.24) is 19.1 Å². The van der Waals surface area contributed by atoms with Crippen LogP contribution in [-0.4, -0.2) is 25.9 Å². The summed E-state index contributed by atoms with van der Waals surface area (Å²) in [5.41, 5.74) is 1.23. The van der Waals surface area contributed by atoms with Gasteiger partial charge in [-0.25, -0.2) is 9.97 Å². The van der Waals surface area contributed by atoms with Crippen LogP contribution in [0.15, 0.2) is 43.2 Å².